The third-order valence-corrected chi connectivity index (χ3v) is 2.88. The summed E-state index contributed by atoms with van der Waals surface area (Å²) in [5.41, 5.74) is 0.935. The molecule has 0 aliphatic rings. The Balaban J connectivity index is 2.26. The molecular weight excluding hydrogens is 246 g/mol. The van der Waals surface area contributed by atoms with Crippen molar-refractivity contribution in [3.8, 4) is 0 Å². The van der Waals surface area contributed by atoms with E-state index in [4.69, 9.17) is 4.42 Å². The third-order valence-electron chi connectivity index (χ3n) is 2.88. The molecular formula is C13H15N3O3. The number of nitrogens with one attached hydrogen (secondary N) is 1. The molecule has 0 aliphatic carbocycles. The second-order valence-corrected chi connectivity index (χ2v) is 4.36. The van der Waals surface area contributed by atoms with E-state index in [1.54, 1.807) is 6.07 Å². The standard InChI is InChI=1S/C13H15N3O3/c1-8-7-11(10(3)19-8)9(2)15-13-12(16(17)18)5-4-6-14-13/h4-7,9H,1-3H3,(H,14,15). The van der Waals surface area contributed by atoms with E-state index in [-0.39, 0.29) is 17.5 Å². The van der Waals surface area contributed by atoms with Gasteiger partial charge in [0, 0.05) is 17.8 Å². The van der Waals surface area contributed by atoms with Crippen molar-refractivity contribution in [2.45, 2.75) is 26.8 Å². The normalized spacial score (nSPS) is 12.2. The summed E-state index contributed by atoms with van der Waals surface area (Å²) in [7, 11) is 0. The summed E-state index contributed by atoms with van der Waals surface area (Å²) in [5, 5.41) is 14.0. The van der Waals surface area contributed by atoms with Gasteiger partial charge in [-0.2, -0.15) is 0 Å². The summed E-state index contributed by atoms with van der Waals surface area (Å²) in [6.45, 7) is 5.65. The van der Waals surface area contributed by atoms with Gasteiger partial charge in [-0.25, -0.2) is 4.98 Å². The molecule has 2 rings (SSSR count). The quantitative estimate of drug-likeness (QED) is 0.674. The molecule has 19 heavy (non-hydrogen) atoms. The second kappa shape index (κ2) is 5.09. The molecule has 0 fully saturated rings. The second-order valence-electron chi connectivity index (χ2n) is 4.36. The first kappa shape index (κ1) is 13.1. The lowest BCUT2D eigenvalue weighted by Gasteiger charge is -2.13. The molecule has 0 aliphatic heterocycles. The van der Waals surface area contributed by atoms with E-state index in [0.717, 1.165) is 17.1 Å². The van der Waals surface area contributed by atoms with E-state index in [2.05, 4.69) is 10.3 Å². The summed E-state index contributed by atoms with van der Waals surface area (Å²) >= 11 is 0. The molecule has 0 saturated heterocycles. The number of furan rings is 1. The van der Waals surface area contributed by atoms with E-state index in [0.29, 0.717) is 0 Å². The highest BCUT2D eigenvalue weighted by Gasteiger charge is 2.19. The highest BCUT2D eigenvalue weighted by molar-refractivity contribution is 5.56. The summed E-state index contributed by atoms with van der Waals surface area (Å²) in [6.07, 6.45) is 1.52. The van der Waals surface area contributed by atoms with Crippen LogP contribution >= 0.6 is 0 Å². The molecule has 100 valence electrons. The van der Waals surface area contributed by atoms with Gasteiger partial charge in [0.25, 0.3) is 0 Å². The van der Waals surface area contributed by atoms with E-state index in [1.807, 2.05) is 26.8 Å². The molecule has 2 aromatic rings. The predicted octanol–water partition coefficient (Wildman–Crippen LogP) is 3.37. The van der Waals surface area contributed by atoms with Crippen LogP contribution in [0.3, 0.4) is 0 Å². The van der Waals surface area contributed by atoms with Crippen LogP contribution in [-0.2, 0) is 0 Å². The van der Waals surface area contributed by atoms with Gasteiger partial charge in [0.15, 0.2) is 0 Å². The molecule has 0 amide bonds. The van der Waals surface area contributed by atoms with Crippen molar-refractivity contribution in [3.05, 3.63) is 51.6 Å². The van der Waals surface area contributed by atoms with Gasteiger partial charge in [-0.15, -0.1) is 0 Å². The minimum absolute atomic E-state index is 0.0350. The van der Waals surface area contributed by atoms with Crippen molar-refractivity contribution >= 4 is 11.5 Å². The zero-order valence-corrected chi connectivity index (χ0v) is 11.0. The van der Waals surface area contributed by atoms with E-state index < -0.39 is 4.92 Å². The molecule has 1 atom stereocenters. The molecule has 0 aromatic carbocycles. The number of hydrogen-bond acceptors (Lipinski definition) is 5. The Morgan fingerprint density at radius 2 is 2.21 bits per heavy atom. The van der Waals surface area contributed by atoms with Gasteiger partial charge in [0.1, 0.15) is 11.5 Å². The van der Waals surface area contributed by atoms with E-state index in [9.17, 15) is 10.1 Å². The van der Waals surface area contributed by atoms with Crippen molar-refractivity contribution in [2.75, 3.05) is 5.32 Å². The Bertz CT molecular complexity index is 607. The number of nitro groups is 1. The SMILES string of the molecule is Cc1cc(C(C)Nc2ncccc2[N+](=O)[O-])c(C)o1. The predicted molar refractivity (Wildman–Crippen MR) is 71.1 cm³/mol. The molecule has 0 radical (unpaired) electrons. The molecule has 2 aromatic heterocycles. The average molecular weight is 261 g/mol. The van der Waals surface area contributed by atoms with Crippen LogP contribution in [0.1, 0.15) is 30.0 Å². The Hall–Kier alpha value is -2.37. The topological polar surface area (TPSA) is 81.2 Å². The van der Waals surface area contributed by atoms with Gasteiger partial charge in [0.2, 0.25) is 5.82 Å². The molecule has 1 unspecified atom stereocenters. The van der Waals surface area contributed by atoms with Gasteiger partial charge in [-0.3, -0.25) is 10.1 Å². The maximum Gasteiger partial charge on any atom is 0.311 e. The Morgan fingerprint density at radius 1 is 1.47 bits per heavy atom. The van der Waals surface area contributed by atoms with Gasteiger partial charge in [0.05, 0.1) is 11.0 Å². The number of anilines is 1. The Labute approximate surface area is 110 Å². The Morgan fingerprint density at radius 3 is 2.79 bits per heavy atom. The van der Waals surface area contributed by atoms with E-state index >= 15 is 0 Å². The lowest BCUT2D eigenvalue weighted by Crippen LogP contribution is -2.09. The van der Waals surface area contributed by atoms with Crippen LogP contribution < -0.4 is 5.32 Å². The maximum atomic E-state index is 10.9. The molecule has 6 nitrogen and oxygen atoms in total. The molecule has 0 bridgehead atoms. The average Bonchev–Trinajstić information content (AvgIpc) is 2.69. The zero-order chi connectivity index (χ0) is 14.0. The van der Waals surface area contributed by atoms with Crippen LogP contribution in [0.5, 0.6) is 0 Å². The fourth-order valence-corrected chi connectivity index (χ4v) is 2.02. The van der Waals surface area contributed by atoms with Crippen molar-refractivity contribution in [1.29, 1.82) is 0 Å². The van der Waals surface area contributed by atoms with Gasteiger partial charge in [-0.05, 0) is 32.9 Å². The first-order valence-electron chi connectivity index (χ1n) is 5.92. The summed E-state index contributed by atoms with van der Waals surface area (Å²) in [5.74, 6) is 1.88. The molecule has 6 heteroatoms. The smallest absolute Gasteiger partial charge is 0.311 e. The van der Waals surface area contributed by atoms with Crippen LogP contribution in [-0.4, -0.2) is 9.91 Å². The minimum atomic E-state index is -0.449. The summed E-state index contributed by atoms with van der Waals surface area (Å²) in [4.78, 5) is 14.5. The third kappa shape index (κ3) is 2.73. The summed E-state index contributed by atoms with van der Waals surface area (Å²) in [6, 6.07) is 4.77. The number of aryl methyl sites for hydroxylation is 2. The first-order valence-corrected chi connectivity index (χ1v) is 5.92. The van der Waals surface area contributed by atoms with Crippen LogP contribution in [0.15, 0.2) is 28.8 Å². The van der Waals surface area contributed by atoms with Crippen LogP contribution in [0, 0.1) is 24.0 Å². The van der Waals surface area contributed by atoms with Gasteiger partial charge >= 0.3 is 5.69 Å². The number of nitrogens with zero attached hydrogens (tertiary/aromatic N) is 2. The lowest BCUT2D eigenvalue weighted by molar-refractivity contribution is -0.384. The Kier molecular flexibility index (Phi) is 3.50. The van der Waals surface area contributed by atoms with Crippen molar-refractivity contribution in [2.24, 2.45) is 0 Å². The summed E-state index contributed by atoms with van der Waals surface area (Å²) < 4.78 is 5.46. The molecule has 2 heterocycles. The lowest BCUT2D eigenvalue weighted by atomic mass is 10.1. The van der Waals surface area contributed by atoms with Crippen molar-refractivity contribution in [1.82, 2.24) is 4.98 Å². The minimum Gasteiger partial charge on any atom is -0.466 e. The molecule has 0 spiro atoms. The van der Waals surface area contributed by atoms with Crippen LogP contribution in [0.25, 0.3) is 0 Å². The largest absolute Gasteiger partial charge is 0.466 e. The highest BCUT2D eigenvalue weighted by Crippen LogP contribution is 2.28. The fourth-order valence-electron chi connectivity index (χ4n) is 2.02. The molecule has 0 saturated carbocycles. The number of rotatable bonds is 4. The highest BCUT2D eigenvalue weighted by atomic mass is 16.6. The van der Waals surface area contributed by atoms with Crippen LogP contribution in [0.4, 0.5) is 11.5 Å². The number of aromatic nitrogens is 1. The zero-order valence-electron chi connectivity index (χ0n) is 11.0. The first-order chi connectivity index (χ1) is 8.99. The van der Waals surface area contributed by atoms with Crippen molar-refractivity contribution in [3.63, 3.8) is 0 Å². The van der Waals surface area contributed by atoms with Gasteiger partial charge in [-0.1, -0.05) is 0 Å². The van der Waals surface area contributed by atoms with Crippen LogP contribution in [0.2, 0.25) is 0 Å². The van der Waals surface area contributed by atoms with Gasteiger partial charge < -0.3 is 9.73 Å². The van der Waals surface area contributed by atoms with E-state index in [1.165, 1.54) is 12.3 Å². The monoisotopic (exact) mass is 261 g/mol. The number of hydrogen-bond donors (Lipinski definition) is 1. The van der Waals surface area contributed by atoms with Crippen molar-refractivity contribution < 1.29 is 9.34 Å². The molecule has 1 N–H and O–H groups in total. The number of pyridine rings is 1. The maximum absolute atomic E-state index is 10.9. The fraction of sp³-hybridized carbons (Fsp3) is 0.308.